The summed E-state index contributed by atoms with van der Waals surface area (Å²) >= 11 is 0. The maximum absolute atomic E-state index is 8.95. The SMILES string of the molecule is Cc1cc2c(CCO)cccc2n1C. The van der Waals surface area contributed by atoms with Crippen molar-refractivity contribution >= 4 is 10.9 Å². The van der Waals surface area contributed by atoms with Crippen molar-refractivity contribution in [1.82, 2.24) is 4.57 Å². The Hall–Kier alpha value is -1.28. The van der Waals surface area contributed by atoms with Crippen LogP contribution in [0.5, 0.6) is 0 Å². The summed E-state index contributed by atoms with van der Waals surface area (Å²) in [5.74, 6) is 0. The van der Waals surface area contributed by atoms with Gasteiger partial charge in [0.25, 0.3) is 0 Å². The fourth-order valence-electron chi connectivity index (χ4n) is 1.89. The van der Waals surface area contributed by atoms with E-state index in [1.165, 1.54) is 22.2 Å². The quantitative estimate of drug-likeness (QED) is 0.768. The van der Waals surface area contributed by atoms with Crippen molar-refractivity contribution in [2.24, 2.45) is 7.05 Å². The standard InChI is InChI=1S/C12H15NO/c1-9-8-11-10(6-7-14)4-3-5-12(11)13(9)2/h3-5,8,14H,6-7H2,1-2H3. The van der Waals surface area contributed by atoms with Gasteiger partial charge in [0.15, 0.2) is 0 Å². The minimum atomic E-state index is 0.215. The highest BCUT2D eigenvalue weighted by molar-refractivity contribution is 5.84. The monoisotopic (exact) mass is 189 g/mol. The molecule has 14 heavy (non-hydrogen) atoms. The highest BCUT2D eigenvalue weighted by atomic mass is 16.2. The van der Waals surface area contributed by atoms with Crippen molar-refractivity contribution in [3.63, 3.8) is 0 Å². The molecule has 0 fully saturated rings. The maximum Gasteiger partial charge on any atom is 0.0482 e. The topological polar surface area (TPSA) is 25.2 Å². The summed E-state index contributed by atoms with van der Waals surface area (Å²) in [6.07, 6.45) is 0.737. The average Bonchev–Trinajstić information content (AvgIpc) is 2.46. The molecule has 2 rings (SSSR count). The number of aliphatic hydroxyl groups is 1. The Kier molecular flexibility index (Phi) is 2.30. The average molecular weight is 189 g/mol. The lowest BCUT2D eigenvalue weighted by Crippen LogP contribution is -1.92. The highest BCUT2D eigenvalue weighted by Gasteiger charge is 2.05. The first-order chi connectivity index (χ1) is 6.74. The van der Waals surface area contributed by atoms with E-state index in [0.717, 1.165) is 6.42 Å². The fraction of sp³-hybridized carbons (Fsp3) is 0.333. The van der Waals surface area contributed by atoms with Gasteiger partial charge < -0.3 is 9.67 Å². The van der Waals surface area contributed by atoms with Gasteiger partial charge in [0.2, 0.25) is 0 Å². The second kappa shape index (κ2) is 3.46. The van der Waals surface area contributed by atoms with E-state index in [1.807, 2.05) is 6.07 Å². The van der Waals surface area contributed by atoms with E-state index in [4.69, 9.17) is 5.11 Å². The molecule has 74 valence electrons. The van der Waals surface area contributed by atoms with Gasteiger partial charge in [-0.25, -0.2) is 0 Å². The van der Waals surface area contributed by atoms with Gasteiger partial charge in [-0.15, -0.1) is 0 Å². The molecule has 0 aliphatic rings. The molecular weight excluding hydrogens is 174 g/mol. The highest BCUT2D eigenvalue weighted by Crippen LogP contribution is 2.22. The summed E-state index contributed by atoms with van der Waals surface area (Å²) in [5.41, 5.74) is 3.73. The van der Waals surface area contributed by atoms with Crippen molar-refractivity contribution in [2.45, 2.75) is 13.3 Å². The van der Waals surface area contributed by atoms with Crippen molar-refractivity contribution in [3.05, 3.63) is 35.5 Å². The molecule has 0 spiro atoms. The van der Waals surface area contributed by atoms with Crippen LogP contribution < -0.4 is 0 Å². The summed E-state index contributed by atoms with van der Waals surface area (Å²) in [6, 6.07) is 8.42. The van der Waals surface area contributed by atoms with Crippen LogP contribution in [0.25, 0.3) is 10.9 Å². The van der Waals surface area contributed by atoms with Crippen LogP contribution in [0.3, 0.4) is 0 Å². The molecule has 1 aromatic carbocycles. The third kappa shape index (κ3) is 1.32. The molecule has 0 aliphatic heterocycles. The second-order valence-electron chi connectivity index (χ2n) is 3.67. The molecule has 0 saturated carbocycles. The van der Waals surface area contributed by atoms with E-state index >= 15 is 0 Å². The van der Waals surface area contributed by atoms with E-state index in [9.17, 15) is 0 Å². The number of nitrogens with zero attached hydrogens (tertiary/aromatic N) is 1. The molecule has 0 atom stereocenters. The fourth-order valence-corrected chi connectivity index (χ4v) is 1.89. The van der Waals surface area contributed by atoms with Crippen molar-refractivity contribution in [2.75, 3.05) is 6.61 Å². The first-order valence-corrected chi connectivity index (χ1v) is 4.89. The maximum atomic E-state index is 8.95. The first-order valence-electron chi connectivity index (χ1n) is 4.89. The summed E-state index contributed by atoms with van der Waals surface area (Å²) in [7, 11) is 2.07. The number of hydrogen-bond acceptors (Lipinski definition) is 1. The minimum absolute atomic E-state index is 0.215. The largest absolute Gasteiger partial charge is 0.396 e. The molecule has 0 bridgehead atoms. The summed E-state index contributed by atoms with van der Waals surface area (Å²) in [5, 5.41) is 10.2. The molecule has 1 aromatic heterocycles. The molecule has 1 heterocycles. The van der Waals surface area contributed by atoms with Gasteiger partial charge in [0, 0.05) is 30.3 Å². The number of benzene rings is 1. The molecule has 0 amide bonds. The Balaban J connectivity index is 2.68. The molecule has 0 aliphatic carbocycles. The van der Waals surface area contributed by atoms with Gasteiger partial charge in [-0.05, 0) is 31.0 Å². The van der Waals surface area contributed by atoms with Gasteiger partial charge in [-0.1, -0.05) is 12.1 Å². The number of rotatable bonds is 2. The van der Waals surface area contributed by atoms with Crippen LogP contribution in [0, 0.1) is 6.92 Å². The van der Waals surface area contributed by atoms with Crippen LogP contribution >= 0.6 is 0 Å². The Morgan fingerprint density at radius 1 is 1.36 bits per heavy atom. The number of aromatic nitrogens is 1. The lowest BCUT2D eigenvalue weighted by Gasteiger charge is -2.02. The predicted molar refractivity (Wildman–Crippen MR) is 58.4 cm³/mol. The van der Waals surface area contributed by atoms with Crippen LogP contribution in [0.1, 0.15) is 11.3 Å². The summed E-state index contributed by atoms with van der Waals surface area (Å²) < 4.78 is 2.18. The van der Waals surface area contributed by atoms with Crippen molar-refractivity contribution < 1.29 is 5.11 Å². The summed E-state index contributed by atoms with van der Waals surface area (Å²) in [6.45, 7) is 2.32. The third-order valence-electron chi connectivity index (χ3n) is 2.80. The van der Waals surface area contributed by atoms with Crippen LogP contribution in [0.2, 0.25) is 0 Å². The Bertz CT molecular complexity index is 457. The van der Waals surface area contributed by atoms with Gasteiger partial charge in [0.05, 0.1) is 0 Å². The normalized spacial score (nSPS) is 11.1. The molecule has 2 nitrogen and oxygen atoms in total. The van der Waals surface area contributed by atoms with Crippen LogP contribution in [0.4, 0.5) is 0 Å². The lowest BCUT2D eigenvalue weighted by atomic mass is 10.1. The van der Waals surface area contributed by atoms with Crippen molar-refractivity contribution in [3.8, 4) is 0 Å². The molecule has 0 radical (unpaired) electrons. The van der Waals surface area contributed by atoms with E-state index < -0.39 is 0 Å². The predicted octanol–water partition coefficient (Wildman–Crippen LogP) is 2.02. The molecular formula is C12H15NO. The zero-order valence-electron chi connectivity index (χ0n) is 8.62. The van der Waals surface area contributed by atoms with E-state index in [1.54, 1.807) is 0 Å². The van der Waals surface area contributed by atoms with E-state index in [2.05, 4.69) is 36.7 Å². The minimum Gasteiger partial charge on any atom is -0.396 e. The van der Waals surface area contributed by atoms with Gasteiger partial charge in [-0.2, -0.15) is 0 Å². The zero-order valence-corrected chi connectivity index (χ0v) is 8.62. The Morgan fingerprint density at radius 3 is 2.86 bits per heavy atom. The van der Waals surface area contributed by atoms with Gasteiger partial charge >= 0.3 is 0 Å². The molecule has 1 N–H and O–H groups in total. The molecule has 0 unspecified atom stereocenters. The molecule has 2 heteroatoms. The second-order valence-corrected chi connectivity index (χ2v) is 3.67. The number of aryl methyl sites for hydroxylation is 2. The Morgan fingerprint density at radius 2 is 2.14 bits per heavy atom. The van der Waals surface area contributed by atoms with Gasteiger partial charge in [-0.3, -0.25) is 0 Å². The van der Waals surface area contributed by atoms with E-state index in [-0.39, 0.29) is 6.61 Å². The number of fused-ring (bicyclic) bond motifs is 1. The van der Waals surface area contributed by atoms with E-state index in [0.29, 0.717) is 0 Å². The van der Waals surface area contributed by atoms with Crippen LogP contribution in [-0.4, -0.2) is 16.3 Å². The van der Waals surface area contributed by atoms with Crippen molar-refractivity contribution in [1.29, 1.82) is 0 Å². The van der Waals surface area contributed by atoms with Crippen LogP contribution in [0.15, 0.2) is 24.3 Å². The molecule has 2 aromatic rings. The lowest BCUT2D eigenvalue weighted by molar-refractivity contribution is 0.300. The summed E-state index contributed by atoms with van der Waals surface area (Å²) in [4.78, 5) is 0. The first kappa shape index (κ1) is 9.28. The number of hydrogen-bond donors (Lipinski definition) is 1. The Labute approximate surface area is 83.8 Å². The third-order valence-corrected chi connectivity index (χ3v) is 2.80. The molecule has 0 saturated heterocycles. The smallest absolute Gasteiger partial charge is 0.0482 e. The zero-order chi connectivity index (χ0) is 10.1. The van der Waals surface area contributed by atoms with Crippen LogP contribution in [-0.2, 0) is 13.5 Å². The number of aliphatic hydroxyl groups excluding tert-OH is 1. The van der Waals surface area contributed by atoms with Gasteiger partial charge in [0.1, 0.15) is 0 Å².